The molecule has 1 aliphatic rings. The zero-order chi connectivity index (χ0) is 17.9. The normalized spacial score (nSPS) is 17.9. The summed E-state index contributed by atoms with van der Waals surface area (Å²) >= 11 is 0. The lowest BCUT2D eigenvalue weighted by molar-refractivity contribution is -0.120. The van der Waals surface area contributed by atoms with Crippen LogP contribution in [-0.4, -0.2) is 35.1 Å². The Morgan fingerprint density at radius 2 is 1.92 bits per heavy atom. The summed E-state index contributed by atoms with van der Waals surface area (Å²) in [6, 6.07) is 7.32. The van der Waals surface area contributed by atoms with Crippen molar-refractivity contribution in [1.29, 1.82) is 0 Å². The number of rotatable bonds is 3. The number of ether oxygens (including phenoxy) is 1. The highest BCUT2D eigenvalue weighted by Gasteiger charge is 2.36. The van der Waals surface area contributed by atoms with Gasteiger partial charge in [0.15, 0.2) is 0 Å². The Hall–Kier alpha value is -2.04. The van der Waals surface area contributed by atoms with Gasteiger partial charge in [0.1, 0.15) is 11.6 Å². The molecule has 1 atom stereocenters. The van der Waals surface area contributed by atoms with Crippen LogP contribution in [0.1, 0.15) is 58.9 Å². The second kappa shape index (κ2) is 7.24. The molecule has 0 saturated carbocycles. The van der Waals surface area contributed by atoms with E-state index in [9.17, 15) is 9.59 Å². The first-order valence-corrected chi connectivity index (χ1v) is 8.58. The number of hydrogen-bond acceptors (Lipinski definition) is 3. The molecule has 0 aromatic heterocycles. The topological polar surface area (TPSA) is 58.6 Å². The summed E-state index contributed by atoms with van der Waals surface area (Å²) in [5, 5.41) is 2.99. The van der Waals surface area contributed by atoms with Crippen molar-refractivity contribution in [3.8, 4) is 0 Å². The second-order valence-corrected chi connectivity index (χ2v) is 7.56. The number of para-hydroxylation sites is 1. The van der Waals surface area contributed by atoms with Gasteiger partial charge in [0, 0.05) is 12.2 Å². The maximum Gasteiger partial charge on any atom is 0.410 e. The Labute approximate surface area is 144 Å². The van der Waals surface area contributed by atoms with Crippen LogP contribution in [0.4, 0.5) is 10.5 Å². The van der Waals surface area contributed by atoms with Gasteiger partial charge in [-0.1, -0.05) is 32.0 Å². The van der Waals surface area contributed by atoms with Crippen LogP contribution in [0.3, 0.4) is 0 Å². The fourth-order valence-corrected chi connectivity index (χ4v) is 2.91. The molecule has 0 bridgehead atoms. The predicted molar refractivity (Wildman–Crippen MR) is 95.1 cm³/mol. The molecule has 2 rings (SSSR count). The third kappa shape index (κ3) is 4.49. The van der Waals surface area contributed by atoms with Gasteiger partial charge in [-0.05, 0) is 51.2 Å². The largest absolute Gasteiger partial charge is 0.444 e. The van der Waals surface area contributed by atoms with Gasteiger partial charge in [-0.25, -0.2) is 4.79 Å². The smallest absolute Gasteiger partial charge is 0.410 e. The predicted octanol–water partition coefficient (Wildman–Crippen LogP) is 4.15. The van der Waals surface area contributed by atoms with E-state index in [0.717, 1.165) is 17.7 Å². The number of likely N-dealkylation sites (tertiary alicyclic amines) is 1. The molecule has 132 valence electrons. The van der Waals surface area contributed by atoms with Gasteiger partial charge in [0.25, 0.3) is 0 Å². The molecule has 5 heteroatoms. The molecule has 2 amide bonds. The molecule has 0 radical (unpaired) electrons. The van der Waals surface area contributed by atoms with E-state index in [4.69, 9.17) is 4.74 Å². The lowest BCUT2D eigenvalue weighted by Gasteiger charge is -2.28. The summed E-state index contributed by atoms with van der Waals surface area (Å²) in [7, 11) is 0. The Balaban J connectivity index is 2.10. The van der Waals surface area contributed by atoms with Crippen molar-refractivity contribution in [3.63, 3.8) is 0 Å². The van der Waals surface area contributed by atoms with Crippen LogP contribution in [0.2, 0.25) is 0 Å². The first kappa shape index (κ1) is 18.3. The van der Waals surface area contributed by atoms with E-state index in [1.165, 1.54) is 0 Å². The minimum Gasteiger partial charge on any atom is -0.444 e. The average molecular weight is 332 g/mol. The SMILES string of the molecule is CC(C)c1ccccc1NC(=O)C1CCCN1C(=O)OC(C)(C)C. The zero-order valence-corrected chi connectivity index (χ0v) is 15.3. The van der Waals surface area contributed by atoms with Gasteiger partial charge in [0.05, 0.1) is 0 Å². The molecule has 0 spiro atoms. The second-order valence-electron chi connectivity index (χ2n) is 7.56. The molecule has 5 nitrogen and oxygen atoms in total. The molecule has 1 unspecified atom stereocenters. The van der Waals surface area contributed by atoms with Crippen LogP contribution in [0.25, 0.3) is 0 Å². The first-order chi connectivity index (χ1) is 11.2. The molecule has 1 aromatic rings. The van der Waals surface area contributed by atoms with Crippen LogP contribution in [0.5, 0.6) is 0 Å². The van der Waals surface area contributed by atoms with Crippen molar-refractivity contribution >= 4 is 17.7 Å². The van der Waals surface area contributed by atoms with E-state index in [1.54, 1.807) is 4.90 Å². The number of benzene rings is 1. The maximum absolute atomic E-state index is 12.7. The van der Waals surface area contributed by atoms with Gasteiger partial charge in [-0.2, -0.15) is 0 Å². The van der Waals surface area contributed by atoms with Crippen molar-refractivity contribution in [2.24, 2.45) is 0 Å². The highest BCUT2D eigenvalue weighted by atomic mass is 16.6. The van der Waals surface area contributed by atoms with E-state index >= 15 is 0 Å². The average Bonchev–Trinajstić information content (AvgIpc) is 2.95. The highest BCUT2D eigenvalue weighted by Crippen LogP contribution is 2.26. The minimum atomic E-state index is -0.565. The van der Waals surface area contributed by atoms with Crippen LogP contribution in [-0.2, 0) is 9.53 Å². The third-order valence-corrected chi connectivity index (χ3v) is 4.02. The number of hydrogen-bond donors (Lipinski definition) is 1. The quantitative estimate of drug-likeness (QED) is 0.904. The summed E-state index contributed by atoms with van der Waals surface area (Å²) in [4.78, 5) is 26.6. The van der Waals surface area contributed by atoms with Gasteiger partial charge in [-0.3, -0.25) is 9.69 Å². The van der Waals surface area contributed by atoms with Crippen LogP contribution in [0.15, 0.2) is 24.3 Å². The number of carbonyl (C=O) groups excluding carboxylic acids is 2. The van der Waals surface area contributed by atoms with Crippen molar-refractivity contribution < 1.29 is 14.3 Å². The molecule has 24 heavy (non-hydrogen) atoms. The van der Waals surface area contributed by atoms with E-state index in [0.29, 0.717) is 18.9 Å². The van der Waals surface area contributed by atoms with Crippen molar-refractivity contribution in [2.75, 3.05) is 11.9 Å². The summed E-state index contributed by atoms with van der Waals surface area (Å²) in [5.74, 6) is 0.165. The number of amides is 2. The minimum absolute atomic E-state index is 0.147. The standard InChI is InChI=1S/C19H28N2O3/c1-13(2)14-9-6-7-10-15(14)20-17(22)16-11-8-12-21(16)18(23)24-19(3,4)5/h6-7,9-10,13,16H,8,11-12H2,1-5H3,(H,20,22). The van der Waals surface area contributed by atoms with Crippen LogP contribution in [0, 0.1) is 0 Å². The highest BCUT2D eigenvalue weighted by molar-refractivity contribution is 5.97. The lowest BCUT2D eigenvalue weighted by Crippen LogP contribution is -2.45. The summed E-state index contributed by atoms with van der Waals surface area (Å²) < 4.78 is 5.42. The number of anilines is 1. The first-order valence-electron chi connectivity index (χ1n) is 8.58. The molecule has 1 fully saturated rings. The fourth-order valence-electron chi connectivity index (χ4n) is 2.91. The Morgan fingerprint density at radius 3 is 2.54 bits per heavy atom. The van der Waals surface area contributed by atoms with E-state index in [1.807, 2.05) is 45.0 Å². The Kier molecular flexibility index (Phi) is 5.52. The molecular formula is C19H28N2O3. The van der Waals surface area contributed by atoms with Gasteiger partial charge in [-0.15, -0.1) is 0 Å². The molecule has 1 heterocycles. The molecule has 1 saturated heterocycles. The molecule has 1 N–H and O–H groups in total. The number of nitrogens with one attached hydrogen (secondary N) is 1. The van der Waals surface area contributed by atoms with Gasteiger partial charge in [0.2, 0.25) is 5.91 Å². The van der Waals surface area contributed by atoms with Crippen LogP contribution < -0.4 is 5.32 Å². The van der Waals surface area contributed by atoms with Crippen molar-refractivity contribution in [3.05, 3.63) is 29.8 Å². The molecule has 0 aliphatic carbocycles. The lowest BCUT2D eigenvalue weighted by atomic mass is 10.0. The Morgan fingerprint density at radius 1 is 1.25 bits per heavy atom. The van der Waals surface area contributed by atoms with Crippen molar-refractivity contribution in [1.82, 2.24) is 4.90 Å². The summed E-state index contributed by atoms with van der Waals surface area (Å²) in [5.41, 5.74) is 1.34. The van der Waals surface area contributed by atoms with E-state index in [2.05, 4.69) is 19.2 Å². The third-order valence-electron chi connectivity index (χ3n) is 4.02. The molecule has 1 aromatic carbocycles. The number of nitrogens with zero attached hydrogens (tertiary/aromatic N) is 1. The van der Waals surface area contributed by atoms with E-state index < -0.39 is 17.7 Å². The van der Waals surface area contributed by atoms with Gasteiger partial charge >= 0.3 is 6.09 Å². The van der Waals surface area contributed by atoms with Gasteiger partial charge < -0.3 is 10.1 Å². The van der Waals surface area contributed by atoms with E-state index in [-0.39, 0.29) is 5.91 Å². The van der Waals surface area contributed by atoms with Crippen LogP contribution >= 0.6 is 0 Å². The monoisotopic (exact) mass is 332 g/mol. The maximum atomic E-state index is 12.7. The summed E-state index contributed by atoms with van der Waals surface area (Å²) in [6.45, 7) is 10.2. The molecular weight excluding hydrogens is 304 g/mol. The summed E-state index contributed by atoms with van der Waals surface area (Å²) in [6.07, 6.45) is 1.05. The molecule has 1 aliphatic heterocycles. The zero-order valence-electron chi connectivity index (χ0n) is 15.3. The Bertz CT molecular complexity index is 605. The number of carbonyl (C=O) groups is 2. The van der Waals surface area contributed by atoms with Crippen molar-refractivity contribution in [2.45, 2.75) is 65.0 Å². The fraction of sp³-hybridized carbons (Fsp3) is 0.579.